The zero-order valence-electron chi connectivity index (χ0n) is 13.9. The number of carboxylic acids is 1. The maximum atomic E-state index is 12.3. The third kappa shape index (κ3) is 4.88. The van der Waals surface area contributed by atoms with Gasteiger partial charge in [0.05, 0.1) is 4.91 Å². The van der Waals surface area contributed by atoms with E-state index in [4.69, 9.17) is 33.7 Å². The Kier molecular flexibility index (Phi) is 6.15. The second kappa shape index (κ2) is 8.56. The molecule has 2 aromatic rings. The molecule has 1 aliphatic rings. The molecule has 1 fully saturated rings. The van der Waals surface area contributed by atoms with Crippen LogP contribution in [0.3, 0.4) is 0 Å². The highest BCUT2D eigenvalue weighted by Crippen LogP contribution is 2.32. The number of halogens is 1. The number of hydrogen-bond acceptors (Lipinski definition) is 5. The monoisotopic (exact) mass is 419 g/mol. The molecule has 1 saturated heterocycles. The van der Waals surface area contributed by atoms with E-state index in [1.165, 1.54) is 0 Å². The normalized spacial score (nSPS) is 15.4. The first-order valence-corrected chi connectivity index (χ1v) is 9.48. The molecular formula is C19H14ClNO4S2. The highest BCUT2D eigenvalue weighted by atomic mass is 35.5. The van der Waals surface area contributed by atoms with Crippen LogP contribution in [0.4, 0.5) is 0 Å². The summed E-state index contributed by atoms with van der Waals surface area (Å²) in [5.74, 6) is -0.829. The van der Waals surface area contributed by atoms with Gasteiger partial charge in [-0.25, -0.2) is 0 Å². The van der Waals surface area contributed by atoms with Gasteiger partial charge in [-0.2, -0.15) is 0 Å². The Balaban J connectivity index is 1.66. The summed E-state index contributed by atoms with van der Waals surface area (Å²) in [5, 5.41) is 9.51. The number of thiocarbonyl (C=S) groups is 1. The van der Waals surface area contributed by atoms with Gasteiger partial charge in [0, 0.05) is 10.6 Å². The smallest absolute Gasteiger partial charge is 0.323 e. The van der Waals surface area contributed by atoms with E-state index in [-0.39, 0.29) is 4.32 Å². The number of carbonyl (C=O) groups is 2. The van der Waals surface area contributed by atoms with Crippen molar-refractivity contribution in [2.75, 3.05) is 6.54 Å². The number of aliphatic carboxylic acids is 1. The first-order chi connectivity index (χ1) is 12.9. The van der Waals surface area contributed by atoms with Crippen LogP contribution < -0.4 is 4.74 Å². The molecule has 0 spiro atoms. The van der Waals surface area contributed by atoms with Crippen molar-refractivity contribution in [2.45, 2.75) is 6.61 Å². The molecular weight excluding hydrogens is 406 g/mol. The van der Waals surface area contributed by atoms with Gasteiger partial charge in [0.25, 0.3) is 5.91 Å². The predicted octanol–water partition coefficient (Wildman–Crippen LogP) is 4.20. The zero-order chi connectivity index (χ0) is 19.4. The van der Waals surface area contributed by atoms with E-state index in [9.17, 15) is 9.59 Å². The lowest BCUT2D eigenvalue weighted by Crippen LogP contribution is -2.33. The van der Waals surface area contributed by atoms with Gasteiger partial charge in [-0.1, -0.05) is 65.9 Å². The van der Waals surface area contributed by atoms with E-state index in [2.05, 4.69) is 0 Å². The average Bonchev–Trinajstić information content (AvgIpc) is 2.89. The predicted molar refractivity (Wildman–Crippen MR) is 110 cm³/mol. The second-order valence-corrected chi connectivity index (χ2v) is 7.69. The average molecular weight is 420 g/mol. The molecule has 0 saturated carbocycles. The fourth-order valence-corrected chi connectivity index (χ4v) is 3.81. The quantitative estimate of drug-likeness (QED) is 0.559. The Bertz CT molecular complexity index is 928. The fourth-order valence-electron chi connectivity index (χ4n) is 2.36. The molecule has 0 aliphatic carbocycles. The summed E-state index contributed by atoms with van der Waals surface area (Å²) in [4.78, 5) is 24.6. The van der Waals surface area contributed by atoms with Crippen LogP contribution in [-0.4, -0.2) is 32.7 Å². The minimum atomic E-state index is -1.10. The van der Waals surface area contributed by atoms with Gasteiger partial charge in [0.2, 0.25) is 0 Å². The van der Waals surface area contributed by atoms with Crippen LogP contribution in [0.15, 0.2) is 53.4 Å². The Morgan fingerprint density at radius 3 is 2.59 bits per heavy atom. The Labute approximate surface area is 170 Å². The van der Waals surface area contributed by atoms with E-state index in [0.717, 1.165) is 27.8 Å². The number of carboxylic acid groups (broad SMARTS) is 1. The van der Waals surface area contributed by atoms with Crippen molar-refractivity contribution in [1.29, 1.82) is 0 Å². The molecule has 0 aromatic heterocycles. The van der Waals surface area contributed by atoms with Crippen LogP contribution in [-0.2, 0) is 16.2 Å². The minimum Gasteiger partial charge on any atom is -0.489 e. The maximum absolute atomic E-state index is 12.3. The summed E-state index contributed by atoms with van der Waals surface area (Å²) in [6.07, 6.45) is 1.68. The van der Waals surface area contributed by atoms with Crippen LogP contribution in [0.1, 0.15) is 11.1 Å². The number of benzene rings is 2. The van der Waals surface area contributed by atoms with Crippen molar-refractivity contribution in [2.24, 2.45) is 0 Å². The van der Waals surface area contributed by atoms with E-state index < -0.39 is 18.4 Å². The van der Waals surface area contributed by atoms with Gasteiger partial charge >= 0.3 is 5.97 Å². The lowest BCUT2D eigenvalue weighted by molar-refractivity contribution is -0.140. The molecule has 27 heavy (non-hydrogen) atoms. The highest BCUT2D eigenvalue weighted by molar-refractivity contribution is 8.26. The highest BCUT2D eigenvalue weighted by Gasteiger charge is 2.33. The van der Waals surface area contributed by atoms with Gasteiger partial charge in [0.1, 0.15) is 23.2 Å². The summed E-state index contributed by atoms with van der Waals surface area (Å²) in [6.45, 7) is -0.0797. The molecule has 0 bridgehead atoms. The molecule has 138 valence electrons. The Morgan fingerprint density at radius 2 is 1.93 bits per heavy atom. The van der Waals surface area contributed by atoms with Crippen molar-refractivity contribution in [3.05, 3.63) is 69.6 Å². The zero-order valence-corrected chi connectivity index (χ0v) is 16.3. The molecule has 8 heteroatoms. The summed E-state index contributed by atoms with van der Waals surface area (Å²) in [7, 11) is 0. The van der Waals surface area contributed by atoms with Gasteiger partial charge in [-0.15, -0.1) is 0 Å². The lowest BCUT2D eigenvalue weighted by Gasteiger charge is -2.10. The van der Waals surface area contributed by atoms with Gasteiger partial charge in [-0.3, -0.25) is 14.5 Å². The van der Waals surface area contributed by atoms with Crippen molar-refractivity contribution in [3.63, 3.8) is 0 Å². The third-order valence-electron chi connectivity index (χ3n) is 3.70. The van der Waals surface area contributed by atoms with Gasteiger partial charge in [0.15, 0.2) is 0 Å². The SMILES string of the molecule is O=C(O)CN1C(=O)C(=Cc2ccc(OCc3ccccc3Cl)cc2)SC1=S. The molecule has 0 atom stereocenters. The number of ether oxygens (including phenoxy) is 1. The topological polar surface area (TPSA) is 66.8 Å². The fraction of sp³-hybridized carbons (Fsp3) is 0.105. The first kappa shape index (κ1) is 19.4. The summed E-state index contributed by atoms with van der Waals surface area (Å²) >= 11 is 12.3. The van der Waals surface area contributed by atoms with Crippen molar-refractivity contribution < 1.29 is 19.4 Å². The number of carbonyl (C=O) groups excluding carboxylic acids is 1. The first-order valence-electron chi connectivity index (χ1n) is 7.87. The van der Waals surface area contributed by atoms with Gasteiger partial charge in [-0.05, 0) is 29.8 Å². The van der Waals surface area contributed by atoms with E-state index in [1.54, 1.807) is 18.2 Å². The van der Waals surface area contributed by atoms with Crippen molar-refractivity contribution in [3.8, 4) is 5.75 Å². The Hall–Kier alpha value is -2.35. The van der Waals surface area contributed by atoms with Gasteiger partial charge < -0.3 is 9.84 Å². The summed E-state index contributed by atoms with van der Waals surface area (Å²) in [5.41, 5.74) is 1.68. The van der Waals surface area contributed by atoms with E-state index >= 15 is 0 Å². The standard InChI is InChI=1S/C19H14ClNO4S2/c20-15-4-2-1-3-13(15)11-25-14-7-5-12(6-8-14)9-16-18(24)21(10-17(22)23)19(26)27-16/h1-9H,10-11H2,(H,22,23). The number of hydrogen-bond donors (Lipinski definition) is 1. The van der Waals surface area contributed by atoms with E-state index in [0.29, 0.717) is 22.3 Å². The molecule has 0 radical (unpaired) electrons. The number of thioether (sulfide) groups is 1. The van der Waals surface area contributed by atoms with Crippen LogP contribution in [0.5, 0.6) is 5.75 Å². The minimum absolute atomic E-state index is 0.244. The number of rotatable bonds is 6. The van der Waals surface area contributed by atoms with Crippen LogP contribution in [0.2, 0.25) is 5.02 Å². The van der Waals surface area contributed by atoms with E-state index in [1.807, 2.05) is 36.4 Å². The Morgan fingerprint density at radius 1 is 1.22 bits per heavy atom. The lowest BCUT2D eigenvalue weighted by atomic mass is 10.2. The summed E-state index contributed by atoms with van der Waals surface area (Å²) in [6, 6.07) is 14.7. The molecule has 1 heterocycles. The second-order valence-electron chi connectivity index (χ2n) is 5.61. The molecule has 1 N–H and O–H groups in total. The molecule has 3 rings (SSSR count). The van der Waals surface area contributed by atoms with Crippen LogP contribution in [0.25, 0.3) is 6.08 Å². The molecule has 2 aromatic carbocycles. The number of amides is 1. The largest absolute Gasteiger partial charge is 0.489 e. The molecule has 1 amide bonds. The summed E-state index contributed by atoms with van der Waals surface area (Å²) < 4.78 is 5.97. The van der Waals surface area contributed by atoms with Crippen LogP contribution in [0, 0.1) is 0 Å². The van der Waals surface area contributed by atoms with Crippen LogP contribution >= 0.6 is 35.6 Å². The van der Waals surface area contributed by atoms with Crippen molar-refractivity contribution >= 4 is 57.9 Å². The molecule has 0 unspecified atom stereocenters. The maximum Gasteiger partial charge on any atom is 0.323 e. The number of nitrogens with zero attached hydrogens (tertiary/aromatic N) is 1. The van der Waals surface area contributed by atoms with Crippen molar-refractivity contribution in [1.82, 2.24) is 4.90 Å². The third-order valence-corrected chi connectivity index (χ3v) is 5.44. The molecule has 5 nitrogen and oxygen atoms in total. The molecule has 1 aliphatic heterocycles.